The lowest BCUT2D eigenvalue weighted by atomic mass is 9.95. The predicted octanol–water partition coefficient (Wildman–Crippen LogP) is 2.31. The third-order valence-electron chi connectivity index (χ3n) is 4.85. The number of ether oxygens (including phenoxy) is 1. The average Bonchev–Trinajstić information content (AvgIpc) is 2.93. The Morgan fingerprint density at radius 3 is 2.77 bits per heavy atom. The highest BCUT2D eigenvalue weighted by Crippen LogP contribution is 2.24. The Labute approximate surface area is 175 Å². The van der Waals surface area contributed by atoms with Crippen molar-refractivity contribution in [2.45, 2.75) is 6.92 Å². The fourth-order valence-corrected chi connectivity index (χ4v) is 3.34. The van der Waals surface area contributed by atoms with Gasteiger partial charge >= 0.3 is 5.97 Å². The van der Waals surface area contributed by atoms with Gasteiger partial charge in [0.1, 0.15) is 6.61 Å². The molecule has 0 fully saturated rings. The number of rotatable bonds is 7. The molecule has 1 aromatic heterocycles. The number of nitrogens with one attached hydrogen (secondary N) is 1. The Hall–Kier alpha value is -3.29. The molecule has 3 rings (SSSR count). The van der Waals surface area contributed by atoms with Crippen molar-refractivity contribution >= 4 is 28.3 Å². The monoisotopic (exact) mass is 406 g/mol. The first kappa shape index (κ1) is 21.4. The molecule has 0 aliphatic heterocycles. The summed E-state index contributed by atoms with van der Waals surface area (Å²) in [6.45, 7) is 2.16. The first-order chi connectivity index (χ1) is 14.5. The maximum Gasteiger partial charge on any atom is 0.320 e. The Morgan fingerprint density at radius 1 is 1.17 bits per heavy atom. The number of fused-ring (bicyclic) bond motifs is 1. The quantitative estimate of drug-likeness (QED) is 0.607. The van der Waals surface area contributed by atoms with Crippen LogP contribution in [0.1, 0.15) is 6.92 Å². The molecule has 30 heavy (non-hydrogen) atoms. The number of pyridine rings is 1. The second kappa shape index (κ2) is 9.96. The van der Waals surface area contributed by atoms with Gasteiger partial charge in [-0.1, -0.05) is 37.3 Å². The van der Waals surface area contributed by atoms with Crippen LogP contribution in [0.4, 0.5) is 5.69 Å². The van der Waals surface area contributed by atoms with Crippen molar-refractivity contribution in [2.24, 2.45) is 23.3 Å². The van der Waals surface area contributed by atoms with Gasteiger partial charge in [-0.2, -0.15) is 0 Å². The van der Waals surface area contributed by atoms with Gasteiger partial charge in [0.15, 0.2) is 0 Å². The first-order valence-electron chi connectivity index (χ1n) is 9.81. The fraction of sp³-hybridized carbons (Fsp3) is 0.261. The highest BCUT2D eigenvalue weighted by atomic mass is 16.5. The molecule has 2 atom stereocenters. The van der Waals surface area contributed by atoms with E-state index in [2.05, 4.69) is 10.3 Å². The van der Waals surface area contributed by atoms with E-state index < -0.39 is 11.9 Å². The summed E-state index contributed by atoms with van der Waals surface area (Å²) in [6, 6.07) is 7.57. The van der Waals surface area contributed by atoms with E-state index >= 15 is 0 Å². The van der Waals surface area contributed by atoms with E-state index in [1.165, 1.54) is 0 Å². The molecule has 0 spiro atoms. The zero-order valence-electron chi connectivity index (χ0n) is 16.9. The van der Waals surface area contributed by atoms with E-state index in [4.69, 9.17) is 16.2 Å². The van der Waals surface area contributed by atoms with Gasteiger partial charge in [0.05, 0.1) is 12.5 Å². The van der Waals surface area contributed by atoms with E-state index in [0.29, 0.717) is 5.69 Å². The molecule has 0 bridgehead atoms. The highest BCUT2D eigenvalue weighted by Gasteiger charge is 2.22. The van der Waals surface area contributed by atoms with Gasteiger partial charge in [0.2, 0.25) is 5.91 Å². The molecule has 2 aromatic rings. The first-order valence-corrected chi connectivity index (χ1v) is 9.81. The number of esters is 1. The van der Waals surface area contributed by atoms with E-state index in [1.54, 1.807) is 12.4 Å². The normalized spacial score (nSPS) is 17.0. The number of aromatic nitrogens is 1. The molecule has 0 saturated heterocycles. The van der Waals surface area contributed by atoms with Crippen molar-refractivity contribution in [3.8, 4) is 0 Å². The summed E-state index contributed by atoms with van der Waals surface area (Å²) < 4.78 is 5.10. The van der Waals surface area contributed by atoms with Gasteiger partial charge in [-0.25, -0.2) is 0 Å². The molecule has 7 heteroatoms. The minimum atomic E-state index is -0.504. The summed E-state index contributed by atoms with van der Waals surface area (Å²) in [5.74, 6) is -1.08. The zero-order valence-corrected chi connectivity index (χ0v) is 16.9. The van der Waals surface area contributed by atoms with Crippen LogP contribution in [-0.2, 0) is 14.3 Å². The van der Waals surface area contributed by atoms with Gasteiger partial charge in [-0.3, -0.25) is 14.6 Å². The number of amides is 1. The van der Waals surface area contributed by atoms with E-state index in [1.807, 2.05) is 55.5 Å². The van der Waals surface area contributed by atoms with Gasteiger partial charge < -0.3 is 21.5 Å². The van der Waals surface area contributed by atoms with E-state index in [0.717, 1.165) is 21.9 Å². The molecular formula is C23H26N4O3. The van der Waals surface area contributed by atoms with E-state index in [9.17, 15) is 9.59 Å². The standard InChI is InChI=1S/C23H26N4O3/c1-15-8-16(14-30-22(28)12-25)2-3-18(9-15)21(11-24)23(29)27-20-5-4-19-13-26-7-6-17(19)10-20/h2-10,13,15,21H,11-12,14,24-25H2,1H3,(H,27,29). The molecule has 156 valence electrons. The third kappa shape index (κ3) is 5.40. The van der Waals surface area contributed by atoms with Crippen LogP contribution in [0.3, 0.4) is 0 Å². The minimum Gasteiger partial charge on any atom is -0.460 e. The third-order valence-corrected chi connectivity index (χ3v) is 4.85. The van der Waals surface area contributed by atoms with Gasteiger partial charge in [0, 0.05) is 30.0 Å². The minimum absolute atomic E-state index is 0.0524. The molecule has 2 unspecified atom stereocenters. The van der Waals surface area contributed by atoms with Crippen molar-refractivity contribution in [3.63, 3.8) is 0 Å². The highest BCUT2D eigenvalue weighted by molar-refractivity contribution is 5.97. The number of hydrogen-bond donors (Lipinski definition) is 3. The van der Waals surface area contributed by atoms with Crippen LogP contribution in [-0.4, -0.2) is 36.6 Å². The topological polar surface area (TPSA) is 120 Å². The number of nitrogens with zero attached hydrogens (tertiary/aromatic N) is 1. The molecule has 0 saturated carbocycles. The summed E-state index contributed by atoms with van der Waals surface area (Å²) in [5.41, 5.74) is 13.6. The van der Waals surface area contributed by atoms with Crippen molar-refractivity contribution < 1.29 is 14.3 Å². The number of allylic oxidation sites excluding steroid dienone is 3. The van der Waals surface area contributed by atoms with Crippen molar-refractivity contribution in [2.75, 3.05) is 25.0 Å². The van der Waals surface area contributed by atoms with Gasteiger partial charge in [-0.05, 0) is 40.6 Å². The Morgan fingerprint density at radius 2 is 2.00 bits per heavy atom. The summed E-state index contributed by atoms with van der Waals surface area (Å²) in [4.78, 5) is 28.4. The molecule has 1 aromatic carbocycles. The second-order valence-electron chi connectivity index (χ2n) is 7.18. The lowest BCUT2D eigenvalue weighted by Crippen LogP contribution is -2.30. The Kier molecular flexibility index (Phi) is 7.11. The number of carbonyl (C=O) groups is 2. The van der Waals surface area contributed by atoms with Crippen molar-refractivity contribution in [1.29, 1.82) is 0 Å². The SMILES string of the molecule is CC1C=C(COC(=O)CN)C=CC(C(CN)C(=O)Nc2ccc3cnccc3c2)=C1. The van der Waals surface area contributed by atoms with Crippen LogP contribution >= 0.6 is 0 Å². The van der Waals surface area contributed by atoms with Crippen LogP contribution < -0.4 is 16.8 Å². The number of carbonyl (C=O) groups excluding carboxylic acids is 2. The smallest absolute Gasteiger partial charge is 0.320 e. The van der Waals surface area contributed by atoms with Crippen LogP contribution in [0.15, 0.2) is 72.1 Å². The Bertz CT molecular complexity index is 1030. The molecule has 1 aliphatic carbocycles. The molecule has 1 heterocycles. The fourth-order valence-electron chi connectivity index (χ4n) is 3.34. The molecular weight excluding hydrogens is 380 g/mol. The zero-order chi connectivity index (χ0) is 21.5. The largest absolute Gasteiger partial charge is 0.460 e. The lowest BCUT2D eigenvalue weighted by molar-refractivity contribution is -0.140. The molecule has 1 aliphatic rings. The number of nitrogens with two attached hydrogens (primary N) is 2. The van der Waals surface area contributed by atoms with Crippen LogP contribution in [0.5, 0.6) is 0 Å². The summed E-state index contributed by atoms with van der Waals surface area (Å²) in [6.07, 6.45) is 11.2. The second-order valence-corrected chi connectivity index (χ2v) is 7.18. The number of anilines is 1. The van der Waals surface area contributed by atoms with E-state index in [-0.39, 0.29) is 31.5 Å². The van der Waals surface area contributed by atoms with Crippen LogP contribution in [0, 0.1) is 11.8 Å². The predicted molar refractivity (Wildman–Crippen MR) is 117 cm³/mol. The van der Waals surface area contributed by atoms with Crippen LogP contribution in [0.2, 0.25) is 0 Å². The van der Waals surface area contributed by atoms with Crippen molar-refractivity contribution in [3.05, 3.63) is 72.1 Å². The summed E-state index contributed by atoms with van der Waals surface area (Å²) in [5, 5.41) is 4.96. The van der Waals surface area contributed by atoms with Crippen molar-refractivity contribution in [1.82, 2.24) is 4.98 Å². The van der Waals surface area contributed by atoms with Gasteiger partial charge in [0.25, 0.3) is 0 Å². The number of hydrogen-bond acceptors (Lipinski definition) is 6. The molecule has 7 nitrogen and oxygen atoms in total. The molecule has 5 N–H and O–H groups in total. The Balaban J connectivity index is 1.72. The maximum absolute atomic E-state index is 13.0. The summed E-state index contributed by atoms with van der Waals surface area (Å²) in [7, 11) is 0. The summed E-state index contributed by atoms with van der Waals surface area (Å²) >= 11 is 0. The molecule has 1 amide bonds. The number of benzene rings is 1. The van der Waals surface area contributed by atoms with Gasteiger partial charge in [-0.15, -0.1) is 0 Å². The average molecular weight is 406 g/mol. The molecule has 0 radical (unpaired) electrons. The van der Waals surface area contributed by atoms with Crippen LogP contribution in [0.25, 0.3) is 10.8 Å². The lowest BCUT2D eigenvalue weighted by Gasteiger charge is -2.17. The maximum atomic E-state index is 13.0.